The molecule has 0 bridgehead atoms. The second-order valence-electron chi connectivity index (χ2n) is 6.52. The van der Waals surface area contributed by atoms with Crippen molar-refractivity contribution in [1.82, 2.24) is 25.2 Å². The predicted molar refractivity (Wildman–Crippen MR) is 94.9 cm³/mol. The molecule has 2 amide bonds. The van der Waals surface area contributed by atoms with Crippen LogP contribution in [-0.4, -0.2) is 62.6 Å². The second kappa shape index (κ2) is 7.61. The first-order valence-corrected chi connectivity index (χ1v) is 8.78. The minimum atomic E-state index is -1.10. The van der Waals surface area contributed by atoms with Gasteiger partial charge in [-0.25, -0.2) is 9.07 Å². The fraction of sp³-hybridized carbons (Fsp3) is 0.412. The van der Waals surface area contributed by atoms with Crippen LogP contribution >= 0.6 is 11.6 Å². The molecule has 8 nitrogen and oxygen atoms in total. The molecule has 0 aliphatic carbocycles. The van der Waals surface area contributed by atoms with E-state index in [4.69, 9.17) is 11.6 Å². The van der Waals surface area contributed by atoms with E-state index < -0.39 is 17.3 Å². The van der Waals surface area contributed by atoms with Gasteiger partial charge in [0.25, 0.3) is 11.8 Å². The first kappa shape index (κ1) is 19.2. The van der Waals surface area contributed by atoms with E-state index in [0.717, 1.165) is 6.07 Å². The van der Waals surface area contributed by atoms with E-state index in [1.54, 1.807) is 0 Å². The third-order valence-corrected chi connectivity index (χ3v) is 4.83. The number of likely N-dealkylation sites (tertiary alicyclic amines) is 1. The molecular formula is C17H19ClFN5O3. The van der Waals surface area contributed by atoms with Gasteiger partial charge in [-0.05, 0) is 31.0 Å². The van der Waals surface area contributed by atoms with Crippen LogP contribution in [0, 0.1) is 5.82 Å². The Bertz CT molecular complexity index is 864. The maximum absolute atomic E-state index is 13.9. The first-order chi connectivity index (χ1) is 12.8. The minimum absolute atomic E-state index is 0.0839. The molecule has 1 aliphatic rings. The Morgan fingerprint density at radius 3 is 2.74 bits per heavy atom. The van der Waals surface area contributed by atoms with Crippen molar-refractivity contribution in [2.45, 2.75) is 25.0 Å². The third kappa shape index (κ3) is 4.25. The van der Waals surface area contributed by atoms with Crippen molar-refractivity contribution in [2.75, 3.05) is 20.1 Å². The van der Waals surface area contributed by atoms with Crippen molar-refractivity contribution in [3.05, 3.63) is 46.5 Å². The fourth-order valence-corrected chi connectivity index (χ4v) is 3.20. The van der Waals surface area contributed by atoms with E-state index >= 15 is 0 Å². The first-order valence-electron chi connectivity index (χ1n) is 8.40. The number of nitrogens with zero attached hydrogens (tertiary/aromatic N) is 4. The molecule has 1 aromatic carbocycles. The molecule has 1 aliphatic heterocycles. The summed E-state index contributed by atoms with van der Waals surface area (Å²) in [6, 6.07) is 3.84. The Hall–Kier alpha value is -2.52. The Kier molecular flexibility index (Phi) is 5.43. The van der Waals surface area contributed by atoms with Gasteiger partial charge >= 0.3 is 0 Å². The molecule has 1 saturated heterocycles. The molecule has 144 valence electrons. The monoisotopic (exact) mass is 395 g/mol. The van der Waals surface area contributed by atoms with Crippen LogP contribution in [0.4, 0.5) is 4.39 Å². The van der Waals surface area contributed by atoms with Gasteiger partial charge in [0, 0.05) is 25.2 Å². The Morgan fingerprint density at radius 2 is 2.07 bits per heavy atom. The summed E-state index contributed by atoms with van der Waals surface area (Å²) in [5, 5.41) is 21.1. The largest absolute Gasteiger partial charge is 0.388 e. The summed E-state index contributed by atoms with van der Waals surface area (Å²) in [6.07, 6.45) is 2.03. The van der Waals surface area contributed by atoms with Gasteiger partial charge in [-0.2, -0.15) is 0 Å². The van der Waals surface area contributed by atoms with Crippen LogP contribution in [0.1, 0.15) is 33.7 Å². The Labute approximate surface area is 159 Å². The zero-order valence-electron chi connectivity index (χ0n) is 14.7. The molecule has 0 atom stereocenters. The summed E-state index contributed by atoms with van der Waals surface area (Å²) in [7, 11) is 1.49. The number of nitrogens with one attached hydrogen (secondary N) is 1. The van der Waals surface area contributed by atoms with Crippen molar-refractivity contribution >= 4 is 23.4 Å². The highest BCUT2D eigenvalue weighted by Crippen LogP contribution is 2.26. The summed E-state index contributed by atoms with van der Waals surface area (Å²) in [5.41, 5.74) is -1.03. The number of benzene rings is 1. The Morgan fingerprint density at radius 1 is 1.37 bits per heavy atom. The standard InChI is InChI=1S/C17H19ClFN5O3/c1-20-15(25)14-9-24(22-21-14)10-17(27)4-6-23(7-5-17)16(26)12-8-11(18)2-3-13(12)19/h2-3,8-9,27H,4-7,10H2,1H3,(H,20,25). The van der Waals surface area contributed by atoms with E-state index in [-0.39, 0.29) is 54.7 Å². The molecule has 0 saturated carbocycles. The number of carbonyl (C=O) groups is 2. The number of halogens is 2. The molecule has 1 fully saturated rings. The van der Waals surface area contributed by atoms with Crippen LogP contribution < -0.4 is 5.32 Å². The van der Waals surface area contributed by atoms with Gasteiger partial charge in [0.2, 0.25) is 0 Å². The fourth-order valence-electron chi connectivity index (χ4n) is 3.03. The summed E-state index contributed by atoms with van der Waals surface area (Å²) in [4.78, 5) is 25.5. The minimum Gasteiger partial charge on any atom is -0.388 e. The van der Waals surface area contributed by atoms with Crippen LogP contribution in [0.2, 0.25) is 5.02 Å². The number of piperidine rings is 1. The Balaban J connectivity index is 1.63. The molecule has 3 rings (SSSR count). The van der Waals surface area contributed by atoms with E-state index in [1.165, 1.54) is 35.0 Å². The molecule has 0 radical (unpaired) electrons. The van der Waals surface area contributed by atoms with Crippen molar-refractivity contribution in [1.29, 1.82) is 0 Å². The van der Waals surface area contributed by atoms with Crippen molar-refractivity contribution in [2.24, 2.45) is 0 Å². The number of rotatable bonds is 4. The highest BCUT2D eigenvalue weighted by molar-refractivity contribution is 6.31. The zero-order valence-corrected chi connectivity index (χ0v) is 15.4. The summed E-state index contributed by atoms with van der Waals surface area (Å²) < 4.78 is 15.3. The topological polar surface area (TPSA) is 100 Å². The molecular weight excluding hydrogens is 377 g/mol. The average molecular weight is 396 g/mol. The van der Waals surface area contributed by atoms with E-state index in [0.29, 0.717) is 0 Å². The average Bonchev–Trinajstić information content (AvgIpc) is 3.11. The number of aromatic nitrogens is 3. The van der Waals surface area contributed by atoms with Crippen LogP contribution in [0.3, 0.4) is 0 Å². The van der Waals surface area contributed by atoms with Gasteiger partial charge in [0.1, 0.15) is 5.82 Å². The number of aliphatic hydroxyl groups is 1. The lowest BCUT2D eigenvalue weighted by Crippen LogP contribution is -2.48. The van der Waals surface area contributed by atoms with Gasteiger partial charge in [-0.3, -0.25) is 9.59 Å². The number of amides is 2. The van der Waals surface area contributed by atoms with Crippen LogP contribution in [0.15, 0.2) is 24.4 Å². The van der Waals surface area contributed by atoms with Gasteiger partial charge in [-0.15, -0.1) is 5.10 Å². The highest BCUT2D eigenvalue weighted by Gasteiger charge is 2.35. The lowest BCUT2D eigenvalue weighted by Gasteiger charge is -2.38. The molecule has 2 N–H and O–H groups in total. The summed E-state index contributed by atoms with van der Waals surface area (Å²) in [6.45, 7) is 0.668. The maximum Gasteiger partial charge on any atom is 0.273 e. The van der Waals surface area contributed by atoms with Crippen LogP contribution in [0.5, 0.6) is 0 Å². The van der Waals surface area contributed by atoms with Gasteiger partial charge in [0.05, 0.1) is 23.9 Å². The zero-order chi connectivity index (χ0) is 19.6. The molecule has 0 unspecified atom stereocenters. The highest BCUT2D eigenvalue weighted by atomic mass is 35.5. The van der Waals surface area contributed by atoms with Crippen LogP contribution in [0.25, 0.3) is 0 Å². The normalized spacial score (nSPS) is 16.2. The summed E-state index contributed by atoms with van der Waals surface area (Å²) >= 11 is 5.85. The van der Waals surface area contributed by atoms with Gasteiger partial charge in [0.15, 0.2) is 5.69 Å². The molecule has 0 spiro atoms. The van der Waals surface area contributed by atoms with E-state index in [2.05, 4.69) is 15.6 Å². The van der Waals surface area contributed by atoms with Crippen molar-refractivity contribution in [3.8, 4) is 0 Å². The number of hydrogen-bond donors (Lipinski definition) is 2. The number of hydrogen-bond acceptors (Lipinski definition) is 5. The van der Waals surface area contributed by atoms with Crippen molar-refractivity contribution in [3.63, 3.8) is 0 Å². The third-order valence-electron chi connectivity index (χ3n) is 4.59. The lowest BCUT2D eigenvalue weighted by atomic mass is 9.91. The molecule has 2 aromatic rings. The smallest absolute Gasteiger partial charge is 0.273 e. The molecule has 27 heavy (non-hydrogen) atoms. The van der Waals surface area contributed by atoms with E-state index in [1.807, 2.05) is 0 Å². The van der Waals surface area contributed by atoms with Gasteiger partial charge in [-0.1, -0.05) is 16.8 Å². The predicted octanol–water partition coefficient (Wildman–Crippen LogP) is 1.10. The van der Waals surface area contributed by atoms with E-state index in [9.17, 15) is 19.1 Å². The van der Waals surface area contributed by atoms with Crippen LogP contribution in [-0.2, 0) is 6.54 Å². The van der Waals surface area contributed by atoms with Crippen molar-refractivity contribution < 1.29 is 19.1 Å². The summed E-state index contributed by atoms with van der Waals surface area (Å²) in [5.74, 6) is -1.45. The lowest BCUT2D eigenvalue weighted by molar-refractivity contribution is -0.0318. The molecule has 2 heterocycles. The molecule has 10 heteroatoms. The molecule has 1 aromatic heterocycles. The SMILES string of the molecule is CNC(=O)c1cn(CC2(O)CCN(C(=O)c3cc(Cl)ccc3F)CC2)nn1. The maximum atomic E-state index is 13.9. The number of carbonyl (C=O) groups excluding carboxylic acids is 2. The second-order valence-corrected chi connectivity index (χ2v) is 6.96. The quantitative estimate of drug-likeness (QED) is 0.807. The van der Waals surface area contributed by atoms with Gasteiger partial charge < -0.3 is 15.3 Å².